The molecule has 0 atom stereocenters. The van der Waals surface area contributed by atoms with Crippen molar-refractivity contribution in [3.05, 3.63) is 21.6 Å². The van der Waals surface area contributed by atoms with Crippen molar-refractivity contribution in [3.63, 3.8) is 0 Å². The summed E-state index contributed by atoms with van der Waals surface area (Å²) in [6.07, 6.45) is 5.88. The Bertz CT molecular complexity index is 611. The van der Waals surface area contributed by atoms with Gasteiger partial charge < -0.3 is 5.73 Å². The average molecular weight is 366 g/mol. The summed E-state index contributed by atoms with van der Waals surface area (Å²) in [5.41, 5.74) is 5.98. The third-order valence-electron chi connectivity index (χ3n) is 2.39. The van der Waals surface area contributed by atoms with Crippen molar-refractivity contribution in [2.45, 2.75) is 18.2 Å². The molecule has 0 saturated carbocycles. The van der Waals surface area contributed by atoms with Gasteiger partial charge in [0.25, 0.3) is 0 Å². The Morgan fingerprint density at radius 3 is 2.68 bits per heavy atom. The van der Waals surface area contributed by atoms with Crippen LogP contribution in [0.4, 0.5) is 5.69 Å². The number of terminal acetylenes is 1. The van der Waals surface area contributed by atoms with Crippen molar-refractivity contribution >= 4 is 43.2 Å². The molecule has 2 N–H and O–H groups in total. The summed E-state index contributed by atoms with van der Waals surface area (Å²) < 4.78 is 26.6. The summed E-state index contributed by atoms with van der Waals surface area (Å²) in [7, 11) is -3.72. The summed E-state index contributed by atoms with van der Waals surface area (Å²) in [5.74, 6) is 2.34. The summed E-state index contributed by atoms with van der Waals surface area (Å²) in [5, 5.41) is 0.261. The van der Waals surface area contributed by atoms with Gasteiger partial charge in [-0.05, 0) is 34.5 Å². The van der Waals surface area contributed by atoms with Gasteiger partial charge in [-0.2, -0.15) is 4.31 Å². The van der Waals surface area contributed by atoms with Gasteiger partial charge >= 0.3 is 0 Å². The highest BCUT2D eigenvalue weighted by Crippen LogP contribution is 2.33. The lowest BCUT2D eigenvalue weighted by Gasteiger charge is -2.20. The first-order valence-corrected chi connectivity index (χ1v) is 8.13. The zero-order chi connectivity index (χ0) is 14.6. The Morgan fingerprint density at radius 2 is 2.16 bits per heavy atom. The number of nitrogen functional groups attached to an aromatic ring is 1. The molecule has 0 amide bonds. The van der Waals surface area contributed by atoms with Gasteiger partial charge in [0, 0.05) is 17.3 Å². The monoisotopic (exact) mass is 364 g/mol. The molecule has 0 heterocycles. The second kappa shape index (κ2) is 6.62. The van der Waals surface area contributed by atoms with Crippen LogP contribution in [0.15, 0.2) is 21.5 Å². The van der Waals surface area contributed by atoms with Crippen molar-refractivity contribution < 1.29 is 8.42 Å². The fourth-order valence-electron chi connectivity index (χ4n) is 1.55. The van der Waals surface area contributed by atoms with Crippen LogP contribution in [0.5, 0.6) is 0 Å². The van der Waals surface area contributed by atoms with E-state index in [1.165, 1.54) is 16.4 Å². The number of halogens is 2. The van der Waals surface area contributed by atoms with Gasteiger partial charge in [0.05, 0.1) is 15.9 Å². The molecule has 0 radical (unpaired) electrons. The average Bonchev–Trinajstić information content (AvgIpc) is 2.33. The molecule has 0 fully saturated rings. The predicted octanol–water partition coefficient (Wildman–Crippen LogP) is 2.72. The Morgan fingerprint density at radius 1 is 1.53 bits per heavy atom. The van der Waals surface area contributed by atoms with E-state index >= 15 is 0 Å². The molecule has 0 unspecified atom stereocenters. The van der Waals surface area contributed by atoms with Gasteiger partial charge in [-0.25, -0.2) is 8.42 Å². The van der Waals surface area contributed by atoms with Crippen LogP contribution >= 0.6 is 27.5 Å². The third-order valence-corrected chi connectivity index (χ3v) is 5.63. The number of benzene rings is 1. The molecule has 19 heavy (non-hydrogen) atoms. The van der Waals surface area contributed by atoms with Crippen molar-refractivity contribution in [2.75, 3.05) is 18.8 Å². The summed E-state index contributed by atoms with van der Waals surface area (Å²) in [6, 6.07) is 2.84. The number of sulfonamides is 1. The molecule has 0 aromatic heterocycles. The lowest BCUT2D eigenvalue weighted by molar-refractivity contribution is 0.445. The number of nitrogens with zero attached hydrogens (tertiary/aromatic N) is 1. The van der Waals surface area contributed by atoms with Gasteiger partial charge in [0.15, 0.2) is 0 Å². The van der Waals surface area contributed by atoms with E-state index in [-0.39, 0.29) is 22.2 Å². The van der Waals surface area contributed by atoms with Crippen LogP contribution in [0.3, 0.4) is 0 Å². The van der Waals surface area contributed by atoms with Crippen LogP contribution in [0.2, 0.25) is 5.02 Å². The summed E-state index contributed by atoms with van der Waals surface area (Å²) in [6.45, 7) is 2.22. The number of hydrogen-bond donors (Lipinski definition) is 1. The maximum absolute atomic E-state index is 12.5. The van der Waals surface area contributed by atoms with Crippen LogP contribution < -0.4 is 5.73 Å². The molecule has 0 bridgehead atoms. The Balaban J connectivity index is 3.37. The van der Waals surface area contributed by atoms with Crippen molar-refractivity contribution in [3.8, 4) is 12.3 Å². The minimum atomic E-state index is -3.72. The standard InChI is InChI=1S/C12H14BrClN2O2S/c1-3-5-16(6-4-2)19(17,18)11-8-9(14)7-10(15)12(11)13/h1,7-8H,4-6,15H2,2H3. The molecule has 4 nitrogen and oxygen atoms in total. The fourth-order valence-corrected chi connectivity index (χ4v) is 4.25. The van der Waals surface area contributed by atoms with E-state index in [2.05, 4.69) is 21.9 Å². The molecule has 1 rings (SSSR count). The lowest BCUT2D eigenvalue weighted by Crippen LogP contribution is -2.32. The SMILES string of the molecule is C#CCN(CCC)S(=O)(=O)c1cc(Cl)cc(N)c1Br. The van der Waals surface area contributed by atoms with Crippen LogP contribution in [0, 0.1) is 12.3 Å². The zero-order valence-corrected chi connectivity index (χ0v) is 13.5. The second-order valence-corrected chi connectivity index (χ2v) is 6.99. The molecule has 104 valence electrons. The van der Waals surface area contributed by atoms with Crippen molar-refractivity contribution in [1.82, 2.24) is 4.31 Å². The van der Waals surface area contributed by atoms with E-state index in [9.17, 15) is 8.42 Å². The molecule has 0 saturated heterocycles. The maximum Gasteiger partial charge on any atom is 0.245 e. The van der Waals surface area contributed by atoms with E-state index in [1.807, 2.05) is 6.92 Å². The molecule has 1 aromatic rings. The summed E-state index contributed by atoms with van der Waals surface area (Å²) in [4.78, 5) is 0.0289. The van der Waals surface area contributed by atoms with Crippen LogP contribution in [0.1, 0.15) is 13.3 Å². The predicted molar refractivity (Wildman–Crippen MR) is 81.4 cm³/mol. The van der Waals surface area contributed by atoms with Gasteiger partial charge in [-0.3, -0.25) is 0 Å². The van der Waals surface area contributed by atoms with E-state index in [1.54, 1.807) is 0 Å². The molecule has 1 aromatic carbocycles. The van der Waals surface area contributed by atoms with Crippen molar-refractivity contribution in [2.24, 2.45) is 0 Å². The Labute approximate surface area is 127 Å². The number of nitrogens with two attached hydrogens (primary N) is 1. The maximum atomic E-state index is 12.5. The molecule has 0 aliphatic rings. The molecule has 7 heteroatoms. The highest BCUT2D eigenvalue weighted by atomic mass is 79.9. The van der Waals surface area contributed by atoms with E-state index < -0.39 is 10.0 Å². The quantitative estimate of drug-likeness (QED) is 0.644. The normalized spacial score (nSPS) is 11.5. The van der Waals surface area contributed by atoms with Crippen molar-refractivity contribution in [1.29, 1.82) is 0 Å². The van der Waals surface area contributed by atoms with Crippen LogP contribution in [-0.2, 0) is 10.0 Å². The number of rotatable bonds is 5. The highest BCUT2D eigenvalue weighted by Gasteiger charge is 2.26. The second-order valence-electron chi connectivity index (χ2n) is 3.85. The Kier molecular flexibility index (Phi) is 5.68. The number of hydrogen-bond acceptors (Lipinski definition) is 3. The zero-order valence-electron chi connectivity index (χ0n) is 10.4. The molecular formula is C12H14BrClN2O2S. The fraction of sp³-hybridized carbons (Fsp3) is 0.333. The summed E-state index contributed by atoms with van der Waals surface area (Å²) >= 11 is 9.04. The number of anilines is 1. The lowest BCUT2D eigenvalue weighted by atomic mass is 10.3. The molecule has 0 spiro atoms. The highest BCUT2D eigenvalue weighted by molar-refractivity contribution is 9.10. The first-order chi connectivity index (χ1) is 8.84. The van der Waals surface area contributed by atoms with E-state index in [4.69, 9.17) is 23.8 Å². The van der Waals surface area contributed by atoms with Crippen LogP contribution in [0.25, 0.3) is 0 Å². The molecule has 0 aliphatic heterocycles. The van der Waals surface area contributed by atoms with Gasteiger partial charge in [-0.1, -0.05) is 24.4 Å². The molecular weight excluding hydrogens is 352 g/mol. The molecule has 0 aliphatic carbocycles. The largest absolute Gasteiger partial charge is 0.398 e. The van der Waals surface area contributed by atoms with Crippen LogP contribution in [-0.4, -0.2) is 25.8 Å². The van der Waals surface area contributed by atoms with E-state index in [0.717, 1.165) is 0 Å². The third kappa shape index (κ3) is 3.63. The van der Waals surface area contributed by atoms with Gasteiger partial charge in [0.1, 0.15) is 0 Å². The van der Waals surface area contributed by atoms with Gasteiger partial charge in [0.2, 0.25) is 10.0 Å². The topological polar surface area (TPSA) is 63.4 Å². The first-order valence-electron chi connectivity index (χ1n) is 5.52. The Hall–Kier alpha value is -0.740. The smallest absolute Gasteiger partial charge is 0.245 e. The van der Waals surface area contributed by atoms with Gasteiger partial charge in [-0.15, -0.1) is 6.42 Å². The van der Waals surface area contributed by atoms with E-state index in [0.29, 0.717) is 17.4 Å². The minimum Gasteiger partial charge on any atom is -0.398 e. The minimum absolute atomic E-state index is 0.00896. The first kappa shape index (κ1) is 16.3.